The maximum absolute atomic E-state index is 5.64. The Morgan fingerprint density at radius 3 is 2.58 bits per heavy atom. The van der Waals surface area contributed by atoms with E-state index in [9.17, 15) is 0 Å². The lowest BCUT2D eigenvalue weighted by Gasteiger charge is -2.09. The molecule has 68 valence electrons. The van der Waals surface area contributed by atoms with Gasteiger partial charge >= 0.3 is 0 Å². The van der Waals surface area contributed by atoms with Crippen LogP contribution >= 0.6 is 0 Å². The fourth-order valence-electron chi connectivity index (χ4n) is 1.71. The van der Waals surface area contributed by atoms with Crippen molar-refractivity contribution in [2.45, 2.75) is 39.4 Å². The van der Waals surface area contributed by atoms with E-state index in [1.165, 1.54) is 5.57 Å². The minimum atomic E-state index is 0.370. The van der Waals surface area contributed by atoms with Crippen LogP contribution in [0.1, 0.15) is 27.2 Å². The van der Waals surface area contributed by atoms with E-state index in [1.54, 1.807) is 0 Å². The molecule has 0 aromatic heterocycles. The Kier molecular flexibility index (Phi) is 3.10. The highest BCUT2D eigenvalue weighted by Crippen LogP contribution is 2.27. The fourth-order valence-corrected chi connectivity index (χ4v) is 1.71. The minimum Gasteiger partial charge on any atom is -0.375 e. The number of allylic oxidation sites excluding steroid dienone is 2. The van der Waals surface area contributed by atoms with Crippen LogP contribution in [-0.4, -0.2) is 12.2 Å². The Balaban J connectivity index is 2.58. The standard InChI is InChI=1S/C11H18O/c1-5-8(2)6-11-7-9(3)12-10(11)4/h5-6,9-11H,1,7H2,2-4H3/b8-6-. The van der Waals surface area contributed by atoms with Crippen molar-refractivity contribution in [3.63, 3.8) is 0 Å². The second-order valence-electron chi connectivity index (χ2n) is 3.67. The molecule has 0 saturated carbocycles. The zero-order valence-electron chi connectivity index (χ0n) is 8.21. The molecule has 0 radical (unpaired) electrons. The van der Waals surface area contributed by atoms with E-state index in [1.807, 2.05) is 6.08 Å². The van der Waals surface area contributed by atoms with Gasteiger partial charge in [-0.3, -0.25) is 0 Å². The van der Waals surface area contributed by atoms with Gasteiger partial charge in [0.15, 0.2) is 0 Å². The average Bonchev–Trinajstić information content (AvgIpc) is 2.30. The smallest absolute Gasteiger partial charge is 0.0614 e. The average molecular weight is 166 g/mol. The first-order valence-electron chi connectivity index (χ1n) is 4.59. The minimum absolute atomic E-state index is 0.370. The monoisotopic (exact) mass is 166 g/mol. The van der Waals surface area contributed by atoms with Crippen LogP contribution < -0.4 is 0 Å². The molecular formula is C11H18O. The molecule has 0 spiro atoms. The Morgan fingerprint density at radius 1 is 1.50 bits per heavy atom. The van der Waals surface area contributed by atoms with Crippen LogP contribution in [0, 0.1) is 5.92 Å². The van der Waals surface area contributed by atoms with Gasteiger partial charge in [0.2, 0.25) is 0 Å². The summed E-state index contributed by atoms with van der Waals surface area (Å²) in [7, 11) is 0. The van der Waals surface area contributed by atoms with Gasteiger partial charge in [-0.1, -0.05) is 24.3 Å². The van der Waals surface area contributed by atoms with Crippen LogP contribution in [0.4, 0.5) is 0 Å². The number of rotatable bonds is 2. The molecule has 1 heterocycles. The molecule has 1 rings (SSSR count). The molecule has 12 heavy (non-hydrogen) atoms. The first kappa shape index (κ1) is 9.53. The summed E-state index contributed by atoms with van der Waals surface area (Å²) >= 11 is 0. The zero-order chi connectivity index (χ0) is 9.14. The molecule has 0 bridgehead atoms. The van der Waals surface area contributed by atoms with Crippen molar-refractivity contribution >= 4 is 0 Å². The van der Waals surface area contributed by atoms with Gasteiger partial charge < -0.3 is 4.74 Å². The van der Waals surface area contributed by atoms with E-state index in [4.69, 9.17) is 4.74 Å². The lowest BCUT2D eigenvalue weighted by molar-refractivity contribution is 0.0606. The summed E-state index contributed by atoms with van der Waals surface area (Å²) in [5, 5.41) is 0. The third kappa shape index (κ3) is 2.21. The van der Waals surface area contributed by atoms with Gasteiger partial charge in [-0.15, -0.1) is 0 Å². The summed E-state index contributed by atoms with van der Waals surface area (Å²) in [4.78, 5) is 0. The van der Waals surface area contributed by atoms with Gasteiger partial charge in [0.25, 0.3) is 0 Å². The van der Waals surface area contributed by atoms with Crippen LogP contribution in [0.2, 0.25) is 0 Å². The molecule has 1 saturated heterocycles. The summed E-state index contributed by atoms with van der Waals surface area (Å²) < 4.78 is 5.64. The maximum Gasteiger partial charge on any atom is 0.0614 e. The Labute approximate surface area is 75.1 Å². The molecule has 1 aliphatic heterocycles. The normalized spacial score (nSPS) is 36.9. The lowest BCUT2D eigenvalue weighted by atomic mass is 9.98. The highest BCUT2D eigenvalue weighted by Gasteiger charge is 2.27. The molecule has 0 aromatic carbocycles. The van der Waals surface area contributed by atoms with E-state index in [2.05, 4.69) is 33.4 Å². The van der Waals surface area contributed by atoms with Crippen molar-refractivity contribution < 1.29 is 4.74 Å². The van der Waals surface area contributed by atoms with E-state index in [0.717, 1.165) is 6.42 Å². The fraction of sp³-hybridized carbons (Fsp3) is 0.636. The summed E-state index contributed by atoms with van der Waals surface area (Å²) in [6.45, 7) is 10.1. The summed E-state index contributed by atoms with van der Waals surface area (Å²) in [5.41, 5.74) is 1.25. The summed E-state index contributed by atoms with van der Waals surface area (Å²) in [5.74, 6) is 0.581. The van der Waals surface area contributed by atoms with Gasteiger partial charge in [0.05, 0.1) is 12.2 Å². The Morgan fingerprint density at radius 2 is 2.17 bits per heavy atom. The molecule has 3 atom stereocenters. The van der Waals surface area contributed by atoms with E-state index in [-0.39, 0.29) is 0 Å². The second-order valence-corrected chi connectivity index (χ2v) is 3.67. The van der Waals surface area contributed by atoms with Crippen LogP contribution in [-0.2, 0) is 4.74 Å². The van der Waals surface area contributed by atoms with E-state index < -0.39 is 0 Å². The molecule has 1 fully saturated rings. The number of hydrogen-bond acceptors (Lipinski definition) is 1. The highest BCUT2D eigenvalue weighted by atomic mass is 16.5. The third-order valence-electron chi connectivity index (χ3n) is 2.45. The second kappa shape index (κ2) is 3.90. The first-order chi connectivity index (χ1) is 5.63. The Bertz CT molecular complexity index is 193. The zero-order valence-corrected chi connectivity index (χ0v) is 8.21. The topological polar surface area (TPSA) is 9.23 Å². The predicted octanol–water partition coefficient (Wildman–Crippen LogP) is 2.93. The van der Waals surface area contributed by atoms with Gasteiger partial charge in [0, 0.05) is 5.92 Å². The molecule has 1 nitrogen and oxygen atoms in total. The van der Waals surface area contributed by atoms with Crippen LogP contribution in [0.25, 0.3) is 0 Å². The van der Waals surface area contributed by atoms with Crippen LogP contribution in [0.3, 0.4) is 0 Å². The van der Waals surface area contributed by atoms with Gasteiger partial charge in [0.1, 0.15) is 0 Å². The van der Waals surface area contributed by atoms with Crippen molar-refractivity contribution in [2.75, 3.05) is 0 Å². The van der Waals surface area contributed by atoms with E-state index >= 15 is 0 Å². The highest BCUT2D eigenvalue weighted by molar-refractivity contribution is 5.15. The number of ether oxygens (including phenoxy) is 1. The molecule has 0 aliphatic carbocycles. The van der Waals surface area contributed by atoms with Crippen LogP contribution in [0.5, 0.6) is 0 Å². The third-order valence-corrected chi connectivity index (χ3v) is 2.45. The van der Waals surface area contributed by atoms with Crippen LogP contribution in [0.15, 0.2) is 24.3 Å². The molecule has 3 unspecified atom stereocenters. The quantitative estimate of drug-likeness (QED) is 0.573. The summed E-state index contributed by atoms with van der Waals surface area (Å²) in [6, 6.07) is 0. The Hall–Kier alpha value is -0.560. The van der Waals surface area contributed by atoms with Gasteiger partial charge in [-0.05, 0) is 27.2 Å². The molecule has 0 amide bonds. The maximum atomic E-state index is 5.64. The van der Waals surface area contributed by atoms with Crippen molar-refractivity contribution in [1.29, 1.82) is 0 Å². The van der Waals surface area contributed by atoms with Crippen molar-refractivity contribution in [3.05, 3.63) is 24.3 Å². The molecule has 1 heteroatoms. The van der Waals surface area contributed by atoms with Gasteiger partial charge in [-0.25, -0.2) is 0 Å². The molecule has 0 N–H and O–H groups in total. The molecule has 0 aromatic rings. The van der Waals surface area contributed by atoms with Crippen molar-refractivity contribution in [3.8, 4) is 0 Å². The SMILES string of the molecule is C=C/C(C)=C\C1CC(C)OC1C. The molecule has 1 aliphatic rings. The van der Waals surface area contributed by atoms with Crippen molar-refractivity contribution in [2.24, 2.45) is 5.92 Å². The lowest BCUT2D eigenvalue weighted by Crippen LogP contribution is -2.08. The van der Waals surface area contributed by atoms with E-state index in [0.29, 0.717) is 18.1 Å². The largest absolute Gasteiger partial charge is 0.375 e. The first-order valence-corrected chi connectivity index (χ1v) is 4.59. The van der Waals surface area contributed by atoms with Gasteiger partial charge in [-0.2, -0.15) is 0 Å². The predicted molar refractivity (Wildman–Crippen MR) is 52.1 cm³/mol. The molecular weight excluding hydrogens is 148 g/mol. The number of hydrogen-bond donors (Lipinski definition) is 0. The summed E-state index contributed by atoms with van der Waals surface area (Å²) in [6.07, 6.45) is 6.09. The van der Waals surface area contributed by atoms with Crippen molar-refractivity contribution in [1.82, 2.24) is 0 Å².